The number of nitrogens with one attached hydrogen (secondary N) is 2. The Morgan fingerprint density at radius 2 is 2.17 bits per heavy atom. The summed E-state index contributed by atoms with van der Waals surface area (Å²) in [5.41, 5.74) is 0.403. The van der Waals surface area contributed by atoms with Crippen LogP contribution in [-0.2, 0) is 14.2 Å². The maximum Gasteiger partial charge on any atom is 0.190 e. The molecule has 140 valence electrons. The van der Waals surface area contributed by atoms with Crippen molar-refractivity contribution in [3.05, 3.63) is 0 Å². The first-order valence-electron chi connectivity index (χ1n) is 9.37. The highest BCUT2D eigenvalue weighted by Crippen LogP contribution is 2.43. The lowest BCUT2D eigenvalue weighted by Gasteiger charge is -2.42. The fraction of sp³-hybridized carbons (Fsp3) is 0.944. The van der Waals surface area contributed by atoms with Gasteiger partial charge >= 0.3 is 0 Å². The molecule has 1 unspecified atom stereocenters. The molecule has 2 rings (SSSR count). The molecular formula is C18H35N3O3. The summed E-state index contributed by atoms with van der Waals surface area (Å²) in [4.78, 5) is 4.32. The van der Waals surface area contributed by atoms with Gasteiger partial charge in [-0.15, -0.1) is 0 Å². The van der Waals surface area contributed by atoms with E-state index in [1.54, 1.807) is 7.11 Å². The molecule has 1 heterocycles. The van der Waals surface area contributed by atoms with Gasteiger partial charge in [0.15, 0.2) is 5.96 Å². The highest BCUT2D eigenvalue weighted by Gasteiger charge is 2.36. The molecule has 0 aromatic heterocycles. The van der Waals surface area contributed by atoms with E-state index < -0.39 is 0 Å². The van der Waals surface area contributed by atoms with Gasteiger partial charge in [0.25, 0.3) is 0 Å². The van der Waals surface area contributed by atoms with E-state index in [4.69, 9.17) is 14.2 Å². The lowest BCUT2D eigenvalue weighted by atomic mass is 9.67. The zero-order chi connectivity index (χ0) is 17.1. The number of methoxy groups -OCH3 is 1. The van der Waals surface area contributed by atoms with E-state index in [9.17, 15) is 0 Å². The van der Waals surface area contributed by atoms with E-state index >= 15 is 0 Å². The van der Waals surface area contributed by atoms with Crippen molar-refractivity contribution in [2.24, 2.45) is 16.3 Å². The van der Waals surface area contributed by atoms with Crippen LogP contribution in [0.15, 0.2) is 4.99 Å². The van der Waals surface area contributed by atoms with Gasteiger partial charge in [-0.1, -0.05) is 6.42 Å². The molecule has 6 nitrogen and oxygen atoms in total. The van der Waals surface area contributed by atoms with Gasteiger partial charge < -0.3 is 24.8 Å². The van der Waals surface area contributed by atoms with Crippen LogP contribution in [0.4, 0.5) is 0 Å². The van der Waals surface area contributed by atoms with Crippen LogP contribution in [0.3, 0.4) is 0 Å². The van der Waals surface area contributed by atoms with E-state index in [0.717, 1.165) is 71.3 Å². The number of hydrogen-bond donors (Lipinski definition) is 2. The predicted octanol–water partition coefficient (Wildman–Crippen LogP) is 1.80. The first kappa shape index (κ1) is 19.5. The Hall–Kier alpha value is -0.850. The van der Waals surface area contributed by atoms with Crippen LogP contribution in [0.25, 0.3) is 0 Å². The van der Waals surface area contributed by atoms with Crippen LogP contribution >= 0.6 is 0 Å². The third-order valence-corrected chi connectivity index (χ3v) is 5.24. The number of guanidine groups is 1. The second-order valence-corrected chi connectivity index (χ2v) is 7.11. The number of hydrogen-bond acceptors (Lipinski definition) is 4. The zero-order valence-corrected chi connectivity index (χ0v) is 15.4. The molecule has 1 saturated carbocycles. The Kier molecular flexibility index (Phi) is 8.84. The summed E-state index contributed by atoms with van der Waals surface area (Å²) in [5, 5.41) is 6.86. The second kappa shape index (κ2) is 10.9. The van der Waals surface area contributed by atoms with E-state index in [2.05, 4.69) is 15.6 Å². The predicted molar refractivity (Wildman–Crippen MR) is 96.5 cm³/mol. The van der Waals surface area contributed by atoms with Gasteiger partial charge in [0.05, 0.1) is 13.2 Å². The summed E-state index contributed by atoms with van der Waals surface area (Å²) in [7, 11) is 3.61. The quantitative estimate of drug-likeness (QED) is 0.341. The third kappa shape index (κ3) is 6.57. The van der Waals surface area contributed by atoms with Crippen molar-refractivity contribution >= 4 is 5.96 Å². The molecule has 2 fully saturated rings. The van der Waals surface area contributed by atoms with Gasteiger partial charge in [-0.2, -0.15) is 0 Å². The Bertz CT molecular complexity index is 367. The topological polar surface area (TPSA) is 64.1 Å². The van der Waals surface area contributed by atoms with Crippen molar-refractivity contribution in [3.63, 3.8) is 0 Å². The van der Waals surface area contributed by atoms with Crippen LogP contribution in [0, 0.1) is 11.3 Å². The third-order valence-electron chi connectivity index (χ3n) is 5.24. The number of aliphatic imine (C=N–C) groups is 1. The monoisotopic (exact) mass is 341 g/mol. The highest BCUT2D eigenvalue weighted by molar-refractivity contribution is 5.79. The van der Waals surface area contributed by atoms with Crippen LogP contribution in [0.5, 0.6) is 0 Å². The van der Waals surface area contributed by atoms with Gasteiger partial charge in [-0.3, -0.25) is 4.99 Å². The summed E-state index contributed by atoms with van der Waals surface area (Å²) in [6.45, 7) is 6.08. The lowest BCUT2D eigenvalue weighted by Crippen LogP contribution is -2.47. The Morgan fingerprint density at radius 3 is 2.79 bits per heavy atom. The number of ether oxygens (including phenoxy) is 3. The largest absolute Gasteiger partial charge is 0.385 e. The average Bonchev–Trinajstić information content (AvgIpc) is 3.08. The first-order chi connectivity index (χ1) is 11.8. The van der Waals surface area contributed by atoms with E-state index in [-0.39, 0.29) is 0 Å². The Balaban J connectivity index is 1.52. The molecule has 0 amide bonds. The summed E-state index contributed by atoms with van der Waals surface area (Å²) in [6.07, 6.45) is 7.17. The molecule has 0 aromatic rings. The molecular weight excluding hydrogens is 306 g/mol. The minimum Gasteiger partial charge on any atom is -0.385 e. The fourth-order valence-electron chi connectivity index (χ4n) is 3.35. The normalized spacial score (nSPS) is 23.1. The number of nitrogens with zero attached hydrogens (tertiary/aromatic N) is 1. The van der Waals surface area contributed by atoms with Gasteiger partial charge in [0.2, 0.25) is 0 Å². The zero-order valence-electron chi connectivity index (χ0n) is 15.4. The van der Waals surface area contributed by atoms with Crippen molar-refractivity contribution < 1.29 is 14.2 Å². The molecule has 24 heavy (non-hydrogen) atoms. The molecule has 2 aliphatic rings. The first-order valence-corrected chi connectivity index (χ1v) is 9.37. The van der Waals surface area contributed by atoms with Crippen molar-refractivity contribution in [2.45, 2.75) is 38.5 Å². The summed E-state index contributed by atoms with van der Waals surface area (Å²) in [6, 6.07) is 0. The molecule has 0 aromatic carbocycles. The highest BCUT2D eigenvalue weighted by atomic mass is 16.5. The maximum atomic E-state index is 5.72. The van der Waals surface area contributed by atoms with Crippen molar-refractivity contribution in [2.75, 3.05) is 60.3 Å². The van der Waals surface area contributed by atoms with Crippen LogP contribution in [-0.4, -0.2) is 66.2 Å². The molecule has 1 atom stereocenters. The molecule has 0 bridgehead atoms. The molecule has 1 aliphatic carbocycles. The summed E-state index contributed by atoms with van der Waals surface area (Å²) >= 11 is 0. The lowest BCUT2D eigenvalue weighted by molar-refractivity contribution is 0.0732. The molecule has 0 radical (unpaired) electrons. The van der Waals surface area contributed by atoms with Crippen molar-refractivity contribution in [3.8, 4) is 0 Å². The second-order valence-electron chi connectivity index (χ2n) is 7.11. The minimum absolute atomic E-state index is 0.403. The SMILES string of the molecule is CN=C(NCCCOCC1CCOC1)NCC1(CCOC)CCC1. The molecule has 0 spiro atoms. The van der Waals surface area contributed by atoms with Gasteiger partial charge in [-0.25, -0.2) is 0 Å². The number of rotatable bonds is 11. The summed E-state index contributed by atoms with van der Waals surface area (Å²) < 4.78 is 16.3. The Morgan fingerprint density at radius 1 is 1.29 bits per heavy atom. The van der Waals surface area contributed by atoms with Gasteiger partial charge in [0.1, 0.15) is 0 Å². The molecule has 1 saturated heterocycles. The minimum atomic E-state index is 0.403. The Labute approximate surface area is 146 Å². The fourth-order valence-corrected chi connectivity index (χ4v) is 3.35. The summed E-state index contributed by atoms with van der Waals surface area (Å²) in [5.74, 6) is 1.49. The van der Waals surface area contributed by atoms with E-state index in [1.807, 2.05) is 7.05 Å². The van der Waals surface area contributed by atoms with Crippen LogP contribution in [0.2, 0.25) is 0 Å². The smallest absolute Gasteiger partial charge is 0.190 e. The van der Waals surface area contributed by atoms with Crippen molar-refractivity contribution in [1.29, 1.82) is 0 Å². The molecule has 1 aliphatic heterocycles. The van der Waals surface area contributed by atoms with E-state index in [0.29, 0.717) is 11.3 Å². The van der Waals surface area contributed by atoms with Gasteiger partial charge in [-0.05, 0) is 37.5 Å². The van der Waals surface area contributed by atoms with Gasteiger partial charge in [0, 0.05) is 53.0 Å². The molecule has 6 heteroatoms. The average molecular weight is 341 g/mol. The van der Waals surface area contributed by atoms with Crippen LogP contribution in [0.1, 0.15) is 38.5 Å². The standard InChI is InChI=1S/C18H35N3O3/c1-19-17(21-15-18(6-3-7-18)8-12-22-2)20-9-4-10-23-13-16-5-11-24-14-16/h16H,3-15H2,1-2H3,(H2,19,20,21). The maximum absolute atomic E-state index is 5.72. The van der Waals surface area contributed by atoms with E-state index in [1.165, 1.54) is 19.3 Å². The molecule has 2 N–H and O–H groups in total. The van der Waals surface area contributed by atoms with Crippen molar-refractivity contribution in [1.82, 2.24) is 10.6 Å². The van der Waals surface area contributed by atoms with Crippen LogP contribution < -0.4 is 10.6 Å².